The number of nitrogens with one attached hydrogen (secondary N) is 3. The fourth-order valence-corrected chi connectivity index (χ4v) is 3.70. The van der Waals surface area contributed by atoms with Crippen LogP contribution < -0.4 is 16.0 Å². The number of rotatable bonds is 6. The van der Waals surface area contributed by atoms with Crippen molar-refractivity contribution in [3.05, 3.63) is 121 Å². The number of nitrogens with zero attached hydrogens (tertiary/aromatic N) is 1. The number of amides is 1. The first-order valence-electron chi connectivity index (χ1n) is 10.8. The van der Waals surface area contributed by atoms with Gasteiger partial charge in [-0.1, -0.05) is 30.3 Å². The highest BCUT2D eigenvalue weighted by Crippen LogP contribution is 2.27. The van der Waals surface area contributed by atoms with E-state index in [9.17, 15) is 9.18 Å². The molecule has 5 rings (SSSR count). The summed E-state index contributed by atoms with van der Waals surface area (Å²) in [4.78, 5) is 17.1. The largest absolute Gasteiger partial charge is 0.355 e. The van der Waals surface area contributed by atoms with E-state index >= 15 is 0 Å². The van der Waals surface area contributed by atoms with E-state index in [1.165, 1.54) is 12.1 Å². The van der Waals surface area contributed by atoms with E-state index < -0.39 is 0 Å². The molecule has 0 aliphatic rings. The molecule has 1 amide bonds. The third-order valence-corrected chi connectivity index (χ3v) is 5.31. The van der Waals surface area contributed by atoms with Crippen LogP contribution in [0.4, 0.5) is 32.8 Å². The molecule has 166 valence electrons. The van der Waals surface area contributed by atoms with Crippen molar-refractivity contribution in [3.8, 4) is 0 Å². The summed E-state index contributed by atoms with van der Waals surface area (Å²) >= 11 is 0. The number of anilines is 5. The second kappa shape index (κ2) is 9.42. The summed E-state index contributed by atoms with van der Waals surface area (Å²) in [7, 11) is 0. The molecule has 0 spiro atoms. The van der Waals surface area contributed by atoms with Gasteiger partial charge < -0.3 is 16.0 Å². The minimum absolute atomic E-state index is 0.234. The van der Waals surface area contributed by atoms with Gasteiger partial charge in [0.1, 0.15) is 5.82 Å². The molecule has 0 radical (unpaired) electrons. The van der Waals surface area contributed by atoms with E-state index in [-0.39, 0.29) is 11.7 Å². The van der Waals surface area contributed by atoms with Crippen molar-refractivity contribution in [1.29, 1.82) is 0 Å². The predicted octanol–water partition coefficient (Wildman–Crippen LogP) is 7.11. The summed E-state index contributed by atoms with van der Waals surface area (Å²) in [6, 6.07) is 29.1. The lowest BCUT2D eigenvalue weighted by molar-refractivity contribution is 0.102. The van der Waals surface area contributed by atoms with E-state index in [1.807, 2.05) is 60.7 Å². The lowest BCUT2D eigenvalue weighted by Crippen LogP contribution is -2.12. The molecular weight excluding hydrogens is 427 g/mol. The Morgan fingerprint density at radius 2 is 1.41 bits per heavy atom. The van der Waals surface area contributed by atoms with Gasteiger partial charge in [0.15, 0.2) is 0 Å². The second-order valence-electron chi connectivity index (χ2n) is 7.78. The molecule has 5 aromatic rings. The minimum Gasteiger partial charge on any atom is -0.355 e. The van der Waals surface area contributed by atoms with Gasteiger partial charge in [-0.3, -0.25) is 9.78 Å². The number of fused-ring (bicyclic) bond motifs is 1. The molecule has 0 bridgehead atoms. The van der Waals surface area contributed by atoms with Gasteiger partial charge in [-0.05, 0) is 66.7 Å². The first-order chi connectivity index (χ1) is 16.6. The van der Waals surface area contributed by atoms with E-state index in [1.54, 1.807) is 36.7 Å². The number of hydrogen-bond donors (Lipinski definition) is 3. The van der Waals surface area contributed by atoms with Crippen molar-refractivity contribution in [2.75, 3.05) is 16.0 Å². The van der Waals surface area contributed by atoms with Gasteiger partial charge in [-0.2, -0.15) is 0 Å². The second-order valence-corrected chi connectivity index (χ2v) is 7.78. The molecule has 4 aromatic carbocycles. The lowest BCUT2D eigenvalue weighted by Gasteiger charge is -2.12. The van der Waals surface area contributed by atoms with Gasteiger partial charge in [0, 0.05) is 45.3 Å². The van der Waals surface area contributed by atoms with Crippen LogP contribution in [0.1, 0.15) is 10.4 Å². The zero-order valence-electron chi connectivity index (χ0n) is 18.1. The predicted molar refractivity (Wildman–Crippen MR) is 136 cm³/mol. The number of halogens is 1. The average molecular weight is 449 g/mol. The molecule has 6 heteroatoms. The first-order valence-corrected chi connectivity index (χ1v) is 10.8. The Kier molecular flexibility index (Phi) is 5.86. The van der Waals surface area contributed by atoms with Crippen LogP contribution in [0.5, 0.6) is 0 Å². The van der Waals surface area contributed by atoms with Crippen molar-refractivity contribution >= 4 is 45.1 Å². The van der Waals surface area contributed by atoms with Crippen LogP contribution in [-0.4, -0.2) is 10.9 Å². The molecule has 0 fully saturated rings. The zero-order chi connectivity index (χ0) is 23.3. The van der Waals surface area contributed by atoms with Crippen LogP contribution in [0, 0.1) is 5.82 Å². The number of carbonyl (C=O) groups is 1. The quantitative estimate of drug-likeness (QED) is 0.259. The number of hydrogen-bond acceptors (Lipinski definition) is 4. The van der Waals surface area contributed by atoms with Gasteiger partial charge in [-0.15, -0.1) is 0 Å². The SMILES string of the molecule is O=C(Nc1cccc(Nc2ccccc2)c1)c1cccc(Nc2cncc3ccc(F)cc23)c1. The summed E-state index contributed by atoms with van der Waals surface area (Å²) in [6.07, 6.45) is 3.32. The van der Waals surface area contributed by atoms with Gasteiger partial charge >= 0.3 is 0 Å². The van der Waals surface area contributed by atoms with Crippen LogP contribution in [0.15, 0.2) is 109 Å². The molecule has 3 N–H and O–H groups in total. The minimum atomic E-state index is -0.320. The third kappa shape index (κ3) is 4.86. The molecule has 1 heterocycles. The third-order valence-electron chi connectivity index (χ3n) is 5.31. The van der Waals surface area contributed by atoms with Gasteiger partial charge in [0.25, 0.3) is 5.91 Å². The van der Waals surface area contributed by atoms with Crippen molar-refractivity contribution in [3.63, 3.8) is 0 Å². The summed E-state index contributed by atoms with van der Waals surface area (Å²) in [6.45, 7) is 0. The van der Waals surface area contributed by atoms with Gasteiger partial charge in [0.2, 0.25) is 0 Å². The number of aromatic nitrogens is 1. The fourth-order valence-electron chi connectivity index (χ4n) is 3.70. The summed E-state index contributed by atoms with van der Waals surface area (Å²) in [5.41, 5.74) is 4.37. The molecule has 34 heavy (non-hydrogen) atoms. The van der Waals surface area contributed by atoms with Crippen molar-refractivity contribution < 1.29 is 9.18 Å². The molecule has 0 aliphatic carbocycles. The maximum absolute atomic E-state index is 13.8. The Morgan fingerprint density at radius 1 is 0.676 bits per heavy atom. The van der Waals surface area contributed by atoms with E-state index in [4.69, 9.17) is 0 Å². The summed E-state index contributed by atoms with van der Waals surface area (Å²) in [5, 5.41) is 11.1. The smallest absolute Gasteiger partial charge is 0.255 e. The maximum atomic E-state index is 13.8. The Balaban J connectivity index is 1.33. The van der Waals surface area contributed by atoms with Crippen LogP contribution in [-0.2, 0) is 0 Å². The van der Waals surface area contributed by atoms with Crippen LogP contribution in [0.2, 0.25) is 0 Å². The molecule has 0 atom stereocenters. The highest BCUT2D eigenvalue weighted by atomic mass is 19.1. The fraction of sp³-hybridized carbons (Fsp3) is 0. The monoisotopic (exact) mass is 448 g/mol. The van der Waals surface area contributed by atoms with Crippen molar-refractivity contribution in [2.45, 2.75) is 0 Å². The number of pyridine rings is 1. The van der Waals surface area contributed by atoms with Crippen LogP contribution >= 0.6 is 0 Å². The number of para-hydroxylation sites is 1. The number of carbonyl (C=O) groups excluding carboxylic acids is 1. The van der Waals surface area contributed by atoms with E-state index in [2.05, 4.69) is 20.9 Å². The summed E-state index contributed by atoms with van der Waals surface area (Å²) < 4.78 is 13.8. The highest BCUT2D eigenvalue weighted by molar-refractivity contribution is 6.05. The molecule has 5 nitrogen and oxygen atoms in total. The lowest BCUT2D eigenvalue weighted by atomic mass is 10.1. The standard InChI is InChI=1S/C28H21FN4O/c29-21-13-12-20-17-30-18-27(26(20)15-21)32-23-9-4-6-19(14-23)28(34)33-25-11-5-10-24(16-25)31-22-7-2-1-3-8-22/h1-18,31-32H,(H,33,34). The molecule has 0 saturated carbocycles. The Labute approximate surface area is 196 Å². The highest BCUT2D eigenvalue weighted by Gasteiger charge is 2.09. The molecule has 1 aromatic heterocycles. The van der Waals surface area contributed by atoms with Crippen molar-refractivity contribution in [2.24, 2.45) is 0 Å². The molecule has 0 saturated heterocycles. The molecule has 0 unspecified atom stereocenters. The zero-order valence-corrected chi connectivity index (χ0v) is 18.1. The van der Waals surface area contributed by atoms with E-state index in [0.717, 1.165) is 16.8 Å². The number of benzene rings is 4. The molecule has 0 aliphatic heterocycles. The van der Waals surface area contributed by atoms with Crippen LogP contribution in [0.25, 0.3) is 10.8 Å². The Bertz CT molecular complexity index is 1470. The Morgan fingerprint density at radius 3 is 2.26 bits per heavy atom. The van der Waals surface area contributed by atoms with Gasteiger partial charge in [0.05, 0.1) is 11.9 Å². The normalized spacial score (nSPS) is 10.6. The molecular formula is C28H21FN4O. The first kappa shape index (κ1) is 21.2. The van der Waals surface area contributed by atoms with E-state index in [0.29, 0.717) is 28.0 Å². The maximum Gasteiger partial charge on any atom is 0.255 e. The van der Waals surface area contributed by atoms with Crippen LogP contribution in [0.3, 0.4) is 0 Å². The van der Waals surface area contributed by atoms with Crippen molar-refractivity contribution in [1.82, 2.24) is 4.98 Å². The topological polar surface area (TPSA) is 66.1 Å². The Hall–Kier alpha value is -4.71. The van der Waals surface area contributed by atoms with Gasteiger partial charge in [-0.25, -0.2) is 4.39 Å². The summed E-state index contributed by atoms with van der Waals surface area (Å²) in [5.74, 6) is -0.554. The average Bonchev–Trinajstić information content (AvgIpc) is 2.85.